The maximum atomic E-state index is 13.2. The summed E-state index contributed by atoms with van der Waals surface area (Å²) in [6.45, 7) is 10.4. The largest absolute Gasteiger partial charge is 0.495 e. The summed E-state index contributed by atoms with van der Waals surface area (Å²) in [5.41, 5.74) is 3.12. The van der Waals surface area contributed by atoms with Crippen LogP contribution in [-0.4, -0.2) is 79.8 Å². The summed E-state index contributed by atoms with van der Waals surface area (Å²) in [5, 5.41) is 9.74. The molecule has 2 amide bonds. The number of carbonyl (C=O) groups excluding carboxylic acids is 1. The third-order valence-corrected chi connectivity index (χ3v) is 7.93. The van der Waals surface area contributed by atoms with Gasteiger partial charge in [0.25, 0.3) is 0 Å². The molecule has 11 nitrogen and oxygen atoms in total. The van der Waals surface area contributed by atoms with Crippen molar-refractivity contribution in [1.29, 1.82) is 0 Å². The maximum absolute atomic E-state index is 13.2. The van der Waals surface area contributed by atoms with Gasteiger partial charge in [0.05, 0.1) is 31.3 Å². The van der Waals surface area contributed by atoms with E-state index in [-0.39, 0.29) is 15.7 Å². The van der Waals surface area contributed by atoms with Crippen molar-refractivity contribution in [3.05, 3.63) is 64.5 Å². The van der Waals surface area contributed by atoms with Crippen molar-refractivity contribution >= 4 is 57.9 Å². The van der Waals surface area contributed by atoms with Crippen molar-refractivity contribution in [3.8, 4) is 11.5 Å². The minimum absolute atomic E-state index is 0.146. The van der Waals surface area contributed by atoms with Gasteiger partial charge in [0.1, 0.15) is 39.5 Å². The first-order valence-corrected chi connectivity index (χ1v) is 14.7. The molecule has 230 valence electrons. The van der Waals surface area contributed by atoms with Crippen LogP contribution in [0.5, 0.6) is 11.5 Å². The van der Waals surface area contributed by atoms with Gasteiger partial charge in [0.15, 0.2) is 0 Å². The van der Waals surface area contributed by atoms with Gasteiger partial charge < -0.3 is 30.3 Å². The predicted molar refractivity (Wildman–Crippen MR) is 175 cm³/mol. The Kier molecular flexibility index (Phi) is 11.3. The number of methoxy groups -OCH3 is 2. The monoisotopic (exact) mass is 628 g/mol. The number of anilines is 5. The number of nitrogens with zero attached hydrogens (tertiary/aromatic N) is 5. The van der Waals surface area contributed by atoms with Gasteiger partial charge in [-0.1, -0.05) is 42.3 Å². The lowest BCUT2D eigenvalue weighted by Gasteiger charge is -2.34. The molecule has 1 aliphatic rings. The number of allylic oxidation sites excluding steroid dienone is 1. The molecule has 0 aliphatic carbocycles. The quantitative estimate of drug-likeness (QED) is 0.226. The number of ether oxygens (including phenoxy) is 2. The number of hydrogen-bond donors (Lipinski definition) is 3. The highest BCUT2D eigenvalue weighted by molar-refractivity contribution is 6.41. The Hall–Kier alpha value is -3.77. The fourth-order valence-corrected chi connectivity index (χ4v) is 5.24. The second-order valence-corrected chi connectivity index (χ2v) is 10.7. The van der Waals surface area contributed by atoms with Crippen molar-refractivity contribution in [1.82, 2.24) is 19.8 Å². The zero-order valence-corrected chi connectivity index (χ0v) is 26.6. The smallest absolute Gasteiger partial charge is 0.327 e. The van der Waals surface area contributed by atoms with E-state index >= 15 is 0 Å². The zero-order valence-electron chi connectivity index (χ0n) is 25.1. The molecule has 3 N–H and O–H groups in total. The molecule has 2 aromatic carbocycles. The van der Waals surface area contributed by atoms with E-state index in [1.807, 2.05) is 25.3 Å². The van der Waals surface area contributed by atoms with Crippen LogP contribution < -0.4 is 30.3 Å². The van der Waals surface area contributed by atoms with Gasteiger partial charge in [-0.2, -0.15) is 0 Å². The number of urea groups is 1. The van der Waals surface area contributed by atoms with Crippen molar-refractivity contribution in [3.63, 3.8) is 0 Å². The van der Waals surface area contributed by atoms with Crippen molar-refractivity contribution in [2.24, 2.45) is 0 Å². The van der Waals surface area contributed by atoms with Gasteiger partial charge in [-0.15, -0.1) is 0 Å². The van der Waals surface area contributed by atoms with Gasteiger partial charge in [-0.25, -0.2) is 14.8 Å². The van der Waals surface area contributed by atoms with E-state index in [9.17, 15) is 4.79 Å². The van der Waals surface area contributed by atoms with Crippen LogP contribution in [0.4, 0.5) is 33.5 Å². The number of likely N-dealkylation sites (N-methyl/N-ethyl adjacent to an activating group) is 1. The number of amides is 2. The summed E-state index contributed by atoms with van der Waals surface area (Å²) in [7, 11) is 4.50. The Morgan fingerprint density at radius 2 is 1.67 bits per heavy atom. The molecule has 1 fully saturated rings. The average Bonchev–Trinajstić information content (AvgIpc) is 3.03. The second kappa shape index (κ2) is 15.1. The summed E-state index contributed by atoms with van der Waals surface area (Å²) >= 11 is 12.9. The van der Waals surface area contributed by atoms with Crippen LogP contribution >= 0.6 is 23.2 Å². The van der Waals surface area contributed by atoms with Crippen LogP contribution in [0.15, 0.2) is 48.9 Å². The summed E-state index contributed by atoms with van der Waals surface area (Å²) in [6.07, 6.45) is 5.21. The first kappa shape index (κ1) is 32.2. The maximum Gasteiger partial charge on any atom is 0.327 e. The van der Waals surface area contributed by atoms with Crippen molar-refractivity contribution in [2.75, 3.05) is 74.8 Å². The number of carbonyl (C=O) groups is 1. The van der Waals surface area contributed by atoms with Crippen LogP contribution in [0.1, 0.15) is 19.4 Å². The summed E-state index contributed by atoms with van der Waals surface area (Å²) < 4.78 is 10.6. The highest BCUT2D eigenvalue weighted by Crippen LogP contribution is 2.44. The Balaban J connectivity index is 1.50. The fraction of sp³-hybridized carbons (Fsp3) is 0.367. The van der Waals surface area contributed by atoms with Gasteiger partial charge in [-0.05, 0) is 37.4 Å². The molecule has 4 rings (SSSR count). The van der Waals surface area contributed by atoms with Crippen LogP contribution in [0.25, 0.3) is 0 Å². The van der Waals surface area contributed by atoms with Crippen molar-refractivity contribution in [2.45, 2.75) is 20.4 Å². The van der Waals surface area contributed by atoms with E-state index in [0.29, 0.717) is 23.1 Å². The Morgan fingerprint density at radius 1 is 1.00 bits per heavy atom. The van der Waals surface area contributed by atoms with Gasteiger partial charge in [0.2, 0.25) is 0 Å². The van der Waals surface area contributed by atoms with E-state index in [1.165, 1.54) is 31.0 Å². The lowest BCUT2D eigenvalue weighted by molar-refractivity contribution is 0.132. The predicted octanol–water partition coefficient (Wildman–Crippen LogP) is 6.30. The number of halogens is 2. The fourth-order valence-electron chi connectivity index (χ4n) is 4.64. The highest BCUT2D eigenvalue weighted by atomic mass is 35.5. The first-order chi connectivity index (χ1) is 20.8. The van der Waals surface area contributed by atoms with Crippen molar-refractivity contribution < 1.29 is 14.3 Å². The third-order valence-electron chi connectivity index (χ3n) is 7.18. The normalized spacial score (nSPS) is 14.0. The molecule has 1 aliphatic heterocycles. The number of nitrogens with one attached hydrogen (secondary N) is 3. The Bertz CT molecular complexity index is 1420. The van der Waals surface area contributed by atoms with E-state index in [1.54, 1.807) is 19.2 Å². The molecule has 43 heavy (non-hydrogen) atoms. The number of piperazine rings is 1. The molecular weight excluding hydrogens is 591 g/mol. The number of rotatable bonds is 11. The molecule has 2 heterocycles. The zero-order chi connectivity index (χ0) is 30.9. The van der Waals surface area contributed by atoms with E-state index in [0.717, 1.165) is 50.6 Å². The molecule has 1 aromatic heterocycles. The Morgan fingerprint density at radius 3 is 2.30 bits per heavy atom. The molecule has 0 saturated carbocycles. The molecule has 0 radical (unpaired) electrons. The molecule has 13 heteroatoms. The van der Waals surface area contributed by atoms with E-state index < -0.39 is 6.03 Å². The van der Waals surface area contributed by atoms with Crippen LogP contribution in [0, 0.1) is 0 Å². The van der Waals surface area contributed by atoms with E-state index in [4.69, 9.17) is 32.7 Å². The SMILES string of the molecule is CC=CNc1cc(CN2CCN(CC)CC2)ccc1Nc1cc(N(C)C(=O)Nc2c(Cl)c(OC)cc(OC)c2Cl)ncn1. The van der Waals surface area contributed by atoms with Crippen LogP contribution in [0.3, 0.4) is 0 Å². The standard InChI is InChI=1S/C30H38Cl2N8O3/c1-6-10-33-22-15-20(18-40-13-11-39(7-2)12-14-40)8-9-21(22)36-25-17-26(35-19-34-25)38(3)30(41)37-29-27(31)23(42-4)16-24(43-5)28(29)32/h6,8-10,15-17,19,33H,7,11-14,18H2,1-5H3,(H,37,41)(H,34,35,36). The minimum Gasteiger partial charge on any atom is -0.495 e. The second-order valence-electron chi connectivity index (χ2n) is 9.89. The highest BCUT2D eigenvalue weighted by Gasteiger charge is 2.22. The molecule has 0 atom stereocenters. The average molecular weight is 630 g/mol. The van der Waals surface area contributed by atoms with Crippen LogP contribution in [0.2, 0.25) is 10.0 Å². The van der Waals surface area contributed by atoms with E-state index in [2.05, 4.69) is 54.8 Å². The number of hydrogen-bond acceptors (Lipinski definition) is 9. The lowest BCUT2D eigenvalue weighted by atomic mass is 10.1. The third kappa shape index (κ3) is 7.99. The van der Waals surface area contributed by atoms with Gasteiger partial charge in [0, 0.05) is 51.9 Å². The first-order valence-electron chi connectivity index (χ1n) is 14.0. The lowest BCUT2D eigenvalue weighted by Crippen LogP contribution is -2.45. The topological polar surface area (TPSA) is 107 Å². The molecule has 3 aromatic rings. The summed E-state index contributed by atoms with van der Waals surface area (Å²) in [4.78, 5) is 28.1. The van der Waals surface area contributed by atoms with Gasteiger partial charge in [-0.3, -0.25) is 9.80 Å². The molecular formula is C30H38Cl2N8O3. The van der Waals surface area contributed by atoms with Crippen LogP contribution in [-0.2, 0) is 6.54 Å². The summed E-state index contributed by atoms with van der Waals surface area (Å²) in [5.74, 6) is 1.47. The number of benzene rings is 2. The number of aromatic nitrogens is 2. The Labute approximate surface area is 262 Å². The van der Waals surface area contributed by atoms with Gasteiger partial charge >= 0.3 is 6.03 Å². The molecule has 1 saturated heterocycles. The molecule has 0 spiro atoms. The molecule has 0 unspecified atom stereocenters. The minimum atomic E-state index is -0.525. The molecule has 0 bridgehead atoms. The summed E-state index contributed by atoms with van der Waals surface area (Å²) in [6, 6.07) is 8.99.